The van der Waals surface area contributed by atoms with Gasteiger partial charge in [-0.1, -0.05) is 48.2 Å². The van der Waals surface area contributed by atoms with Gasteiger partial charge in [0.25, 0.3) is 0 Å². The third kappa shape index (κ3) is 4.54. The fourth-order valence-corrected chi connectivity index (χ4v) is 3.22. The molecule has 3 N–H and O–H groups in total. The maximum atomic E-state index is 12.5. The highest BCUT2D eigenvalue weighted by Gasteiger charge is 2.17. The first-order valence-corrected chi connectivity index (χ1v) is 9.43. The number of aromatic nitrogens is 2. The second kappa shape index (κ2) is 8.46. The summed E-state index contributed by atoms with van der Waals surface area (Å²) in [4.78, 5) is 32.5. The third-order valence-electron chi connectivity index (χ3n) is 4.33. The smallest absolute Gasteiger partial charge is 0.250 e. The summed E-state index contributed by atoms with van der Waals surface area (Å²) in [5, 5.41) is 12.0. The Kier molecular flexibility index (Phi) is 5.81. The minimum atomic E-state index is -0.616. The number of rotatable bonds is 6. The van der Waals surface area contributed by atoms with Crippen LogP contribution in [0.25, 0.3) is 16.7 Å². The number of thiazole rings is 1. The lowest BCUT2D eigenvalue weighted by Gasteiger charge is -2.13. The molecule has 2 heterocycles. The molecule has 0 aliphatic heterocycles. The summed E-state index contributed by atoms with van der Waals surface area (Å²) in [5.74, 6) is -1.26. The molecule has 0 fully saturated rings. The zero-order valence-corrected chi connectivity index (χ0v) is 16.4. The molecular weight excluding hydrogens is 386 g/mol. The number of carbonyl (C=O) groups is 2. The number of nitrogens with zero attached hydrogens (tertiary/aromatic N) is 3. The van der Waals surface area contributed by atoms with E-state index < -0.39 is 11.8 Å². The van der Waals surface area contributed by atoms with Gasteiger partial charge < -0.3 is 11.1 Å². The Hall–Kier alpha value is -3.83. The molecule has 3 rings (SSSR count). The number of carbonyl (C=O) groups excluding carboxylic acids is 2. The Labute approximate surface area is 171 Å². The average Bonchev–Trinajstić information content (AvgIpc) is 3.20. The van der Waals surface area contributed by atoms with Crippen LogP contribution in [0.15, 0.2) is 55.4 Å². The highest BCUT2D eigenvalue weighted by atomic mass is 32.1. The van der Waals surface area contributed by atoms with Crippen LogP contribution in [0.3, 0.4) is 0 Å². The standard InChI is InChI=1S/C21H17N5O2S/c1-12(20(28)26-21-25-11-17(9-22)29-21)14-4-3-5-15(8-14)16-6-7-18(24-10-16)13(2)19(23)27/h3-8,10-12H,2H2,1H3,(H2,23,27)(H,25,26,28). The van der Waals surface area contributed by atoms with Crippen LogP contribution >= 0.6 is 11.3 Å². The van der Waals surface area contributed by atoms with E-state index in [2.05, 4.69) is 21.9 Å². The molecule has 1 aromatic carbocycles. The lowest BCUT2D eigenvalue weighted by Crippen LogP contribution is -2.18. The summed E-state index contributed by atoms with van der Waals surface area (Å²) >= 11 is 1.13. The number of amides is 2. The van der Waals surface area contributed by atoms with Crippen LogP contribution in [-0.2, 0) is 9.59 Å². The monoisotopic (exact) mass is 403 g/mol. The molecule has 0 bridgehead atoms. The maximum absolute atomic E-state index is 12.5. The predicted molar refractivity (Wildman–Crippen MR) is 112 cm³/mol. The first-order valence-electron chi connectivity index (χ1n) is 8.61. The first-order chi connectivity index (χ1) is 13.9. The molecule has 0 aliphatic carbocycles. The zero-order valence-electron chi connectivity index (χ0n) is 15.5. The summed E-state index contributed by atoms with van der Waals surface area (Å²) < 4.78 is 0. The van der Waals surface area contributed by atoms with E-state index in [0.29, 0.717) is 15.7 Å². The molecule has 1 unspecified atom stereocenters. The summed E-state index contributed by atoms with van der Waals surface area (Å²) in [5.41, 5.74) is 8.33. The van der Waals surface area contributed by atoms with Gasteiger partial charge in [0.1, 0.15) is 10.9 Å². The summed E-state index contributed by atoms with van der Waals surface area (Å²) in [6.07, 6.45) is 3.06. The highest BCUT2D eigenvalue weighted by Crippen LogP contribution is 2.26. The van der Waals surface area contributed by atoms with E-state index in [1.807, 2.05) is 36.4 Å². The van der Waals surface area contributed by atoms with Crippen molar-refractivity contribution in [1.29, 1.82) is 5.26 Å². The van der Waals surface area contributed by atoms with E-state index in [1.165, 1.54) is 6.20 Å². The van der Waals surface area contributed by atoms with Crippen molar-refractivity contribution in [3.63, 3.8) is 0 Å². The topological polar surface area (TPSA) is 122 Å². The van der Waals surface area contributed by atoms with Gasteiger partial charge in [0.2, 0.25) is 11.8 Å². The summed E-state index contributed by atoms with van der Waals surface area (Å²) in [6.45, 7) is 5.42. The van der Waals surface area contributed by atoms with E-state index in [0.717, 1.165) is 28.0 Å². The van der Waals surface area contributed by atoms with Crippen LogP contribution in [0, 0.1) is 11.3 Å². The molecule has 3 aromatic rings. The average molecular weight is 403 g/mol. The normalized spacial score (nSPS) is 11.3. The number of primary amides is 1. The number of pyridine rings is 1. The first kappa shape index (κ1) is 19.9. The van der Waals surface area contributed by atoms with Crippen molar-refractivity contribution in [2.24, 2.45) is 5.73 Å². The molecule has 0 saturated heterocycles. The second-order valence-electron chi connectivity index (χ2n) is 6.25. The van der Waals surface area contributed by atoms with Gasteiger partial charge in [-0.05, 0) is 24.1 Å². The molecule has 144 valence electrons. The van der Waals surface area contributed by atoms with Gasteiger partial charge in [0, 0.05) is 11.8 Å². The fourth-order valence-electron chi connectivity index (χ4n) is 2.61. The van der Waals surface area contributed by atoms with E-state index >= 15 is 0 Å². The van der Waals surface area contributed by atoms with Crippen molar-refractivity contribution >= 4 is 33.9 Å². The quantitative estimate of drug-likeness (QED) is 0.612. The largest absolute Gasteiger partial charge is 0.366 e. The van der Waals surface area contributed by atoms with E-state index in [1.54, 1.807) is 19.2 Å². The Bertz CT molecular complexity index is 1130. The Morgan fingerprint density at radius 1 is 1.21 bits per heavy atom. The fraction of sp³-hybridized carbons (Fsp3) is 0.0952. The van der Waals surface area contributed by atoms with E-state index in [-0.39, 0.29) is 11.5 Å². The Balaban J connectivity index is 1.78. The second-order valence-corrected chi connectivity index (χ2v) is 7.28. The molecule has 2 amide bonds. The molecule has 2 aromatic heterocycles. The number of anilines is 1. The van der Waals surface area contributed by atoms with Gasteiger partial charge in [0.15, 0.2) is 5.13 Å². The number of nitrogens with one attached hydrogen (secondary N) is 1. The maximum Gasteiger partial charge on any atom is 0.250 e. The van der Waals surface area contributed by atoms with Crippen LogP contribution < -0.4 is 11.1 Å². The van der Waals surface area contributed by atoms with Crippen molar-refractivity contribution in [2.45, 2.75) is 12.8 Å². The number of benzene rings is 1. The van der Waals surface area contributed by atoms with Gasteiger partial charge in [-0.2, -0.15) is 5.26 Å². The number of nitriles is 1. The Morgan fingerprint density at radius 3 is 2.62 bits per heavy atom. The molecule has 1 atom stereocenters. The van der Waals surface area contributed by atoms with E-state index in [9.17, 15) is 9.59 Å². The van der Waals surface area contributed by atoms with Crippen LogP contribution in [0.4, 0.5) is 5.13 Å². The molecular formula is C21H17N5O2S. The van der Waals surface area contributed by atoms with Crippen molar-refractivity contribution < 1.29 is 9.59 Å². The molecule has 0 radical (unpaired) electrons. The summed E-state index contributed by atoms with van der Waals surface area (Å²) in [7, 11) is 0. The number of nitrogens with two attached hydrogens (primary N) is 1. The van der Waals surface area contributed by atoms with Crippen LogP contribution in [0.2, 0.25) is 0 Å². The third-order valence-corrected chi connectivity index (χ3v) is 5.15. The number of hydrogen-bond acceptors (Lipinski definition) is 6. The van der Waals surface area contributed by atoms with Crippen LogP contribution in [-0.4, -0.2) is 21.8 Å². The summed E-state index contributed by atoms with van der Waals surface area (Å²) in [6, 6.07) is 13.0. The van der Waals surface area contributed by atoms with Gasteiger partial charge in [-0.25, -0.2) is 4.98 Å². The number of hydrogen-bond donors (Lipinski definition) is 2. The van der Waals surface area contributed by atoms with Crippen molar-refractivity contribution in [1.82, 2.24) is 9.97 Å². The van der Waals surface area contributed by atoms with E-state index in [4.69, 9.17) is 11.0 Å². The van der Waals surface area contributed by atoms with Crippen molar-refractivity contribution in [2.75, 3.05) is 5.32 Å². The molecule has 7 nitrogen and oxygen atoms in total. The predicted octanol–water partition coefficient (Wildman–Crippen LogP) is 3.32. The lowest BCUT2D eigenvalue weighted by molar-refractivity contribution is -0.117. The van der Waals surface area contributed by atoms with Crippen LogP contribution in [0.5, 0.6) is 0 Å². The minimum Gasteiger partial charge on any atom is -0.366 e. The minimum absolute atomic E-state index is 0.150. The lowest BCUT2D eigenvalue weighted by atomic mass is 9.96. The Morgan fingerprint density at radius 2 is 2.00 bits per heavy atom. The van der Waals surface area contributed by atoms with Gasteiger partial charge in [-0.3, -0.25) is 14.6 Å². The highest BCUT2D eigenvalue weighted by molar-refractivity contribution is 7.16. The zero-order chi connectivity index (χ0) is 21.0. The van der Waals surface area contributed by atoms with Gasteiger partial charge >= 0.3 is 0 Å². The van der Waals surface area contributed by atoms with Crippen molar-refractivity contribution in [3.05, 3.63) is 71.5 Å². The molecule has 8 heteroatoms. The molecule has 0 spiro atoms. The van der Waals surface area contributed by atoms with Crippen LogP contribution in [0.1, 0.15) is 29.0 Å². The molecule has 0 saturated carbocycles. The molecule has 0 aliphatic rings. The van der Waals surface area contributed by atoms with Crippen molar-refractivity contribution in [3.8, 4) is 17.2 Å². The SMILES string of the molecule is C=C(C(N)=O)c1ccc(-c2cccc(C(C)C(=O)Nc3ncc(C#N)s3)c2)cn1. The van der Waals surface area contributed by atoms with Gasteiger partial charge in [0.05, 0.1) is 23.4 Å². The molecule has 29 heavy (non-hydrogen) atoms. The van der Waals surface area contributed by atoms with Gasteiger partial charge in [-0.15, -0.1) is 0 Å².